The van der Waals surface area contributed by atoms with Crippen LogP contribution in [0.5, 0.6) is 11.6 Å². The van der Waals surface area contributed by atoms with Crippen LogP contribution in [0.4, 0.5) is 11.5 Å². The second kappa shape index (κ2) is 4.93. The highest BCUT2D eigenvalue weighted by Crippen LogP contribution is 2.29. The molecule has 1 aromatic heterocycles. The van der Waals surface area contributed by atoms with Gasteiger partial charge < -0.3 is 20.5 Å². The number of nitrogens with zero attached hydrogens (tertiary/aromatic N) is 3. The molecule has 1 aromatic carbocycles. The van der Waals surface area contributed by atoms with Crippen LogP contribution in [0.2, 0.25) is 0 Å². The molecule has 21 heavy (non-hydrogen) atoms. The Morgan fingerprint density at radius 3 is 2.76 bits per heavy atom. The molecule has 1 aliphatic rings. The third-order valence-electron chi connectivity index (χ3n) is 3.21. The van der Waals surface area contributed by atoms with Crippen molar-refractivity contribution in [2.45, 2.75) is 13.0 Å². The summed E-state index contributed by atoms with van der Waals surface area (Å²) in [7, 11) is 0. The van der Waals surface area contributed by atoms with Gasteiger partial charge in [0, 0.05) is 5.69 Å². The molecule has 0 saturated heterocycles. The van der Waals surface area contributed by atoms with E-state index in [1.807, 2.05) is 6.92 Å². The van der Waals surface area contributed by atoms with Crippen LogP contribution >= 0.6 is 0 Å². The number of carbonyl (C=O) groups excluding carboxylic acids is 1. The zero-order valence-corrected chi connectivity index (χ0v) is 11.4. The molecule has 0 aliphatic carbocycles. The molecule has 0 radical (unpaired) electrons. The normalized spacial score (nSPS) is 17.9. The van der Waals surface area contributed by atoms with Gasteiger partial charge in [-0.05, 0) is 31.2 Å². The fourth-order valence-corrected chi connectivity index (χ4v) is 2.23. The van der Waals surface area contributed by atoms with E-state index >= 15 is 0 Å². The van der Waals surface area contributed by atoms with E-state index < -0.39 is 0 Å². The Hall–Kier alpha value is -2.83. The molecule has 2 heterocycles. The number of hydrogen-bond acceptors (Lipinski definition) is 6. The summed E-state index contributed by atoms with van der Waals surface area (Å²) in [5.41, 5.74) is 6.60. The van der Waals surface area contributed by atoms with Crippen molar-refractivity contribution < 1.29 is 14.6 Å². The third-order valence-corrected chi connectivity index (χ3v) is 3.21. The minimum absolute atomic E-state index is 0.0860. The summed E-state index contributed by atoms with van der Waals surface area (Å²) < 4.78 is 5.64. The predicted octanol–water partition coefficient (Wildman–Crippen LogP) is 1.19. The van der Waals surface area contributed by atoms with Gasteiger partial charge in [0.25, 0.3) is 5.91 Å². The summed E-state index contributed by atoms with van der Waals surface area (Å²) in [4.78, 5) is 22.1. The Balaban J connectivity index is 2.08. The standard InChI is InChI=1S/C14H14N4O3/c1-8-6-18(9-2-4-10(19)5-3-9)14(20)11-12(15)16-7-17-13(11)21-8/h2-5,7-8,19H,6H2,1H3,(H2,15,16,17). The first-order chi connectivity index (χ1) is 10.1. The number of rotatable bonds is 1. The minimum atomic E-state index is -0.321. The number of nitrogen functional groups attached to an aromatic ring is 1. The highest BCUT2D eigenvalue weighted by molar-refractivity contribution is 6.10. The number of fused-ring (bicyclic) bond motifs is 1. The smallest absolute Gasteiger partial charge is 0.267 e. The van der Waals surface area contributed by atoms with Crippen LogP contribution in [0.3, 0.4) is 0 Å². The topological polar surface area (TPSA) is 102 Å². The van der Waals surface area contributed by atoms with Crippen molar-refractivity contribution in [2.75, 3.05) is 17.2 Å². The number of amides is 1. The lowest BCUT2D eigenvalue weighted by Crippen LogP contribution is -2.36. The number of anilines is 2. The molecule has 3 N–H and O–H groups in total. The van der Waals surface area contributed by atoms with Crippen molar-refractivity contribution >= 4 is 17.4 Å². The maximum Gasteiger partial charge on any atom is 0.267 e. The van der Waals surface area contributed by atoms with E-state index in [4.69, 9.17) is 10.5 Å². The molecule has 1 atom stereocenters. The number of benzene rings is 1. The molecule has 1 aliphatic heterocycles. The first-order valence-corrected chi connectivity index (χ1v) is 6.44. The quantitative estimate of drug-likeness (QED) is 0.816. The maximum atomic E-state index is 12.7. The van der Waals surface area contributed by atoms with Gasteiger partial charge >= 0.3 is 0 Å². The molecule has 1 amide bonds. The van der Waals surface area contributed by atoms with E-state index in [1.165, 1.54) is 23.4 Å². The summed E-state index contributed by atoms with van der Waals surface area (Å²) >= 11 is 0. The van der Waals surface area contributed by atoms with E-state index in [0.717, 1.165) is 0 Å². The fraction of sp³-hybridized carbons (Fsp3) is 0.214. The number of aromatic hydroxyl groups is 1. The van der Waals surface area contributed by atoms with Gasteiger partial charge in [-0.25, -0.2) is 9.97 Å². The van der Waals surface area contributed by atoms with Crippen molar-refractivity contribution in [3.05, 3.63) is 36.2 Å². The van der Waals surface area contributed by atoms with Gasteiger partial charge in [-0.15, -0.1) is 0 Å². The van der Waals surface area contributed by atoms with Crippen LogP contribution in [0.25, 0.3) is 0 Å². The fourth-order valence-electron chi connectivity index (χ4n) is 2.23. The van der Waals surface area contributed by atoms with Crippen molar-refractivity contribution in [1.29, 1.82) is 0 Å². The Morgan fingerprint density at radius 1 is 1.33 bits per heavy atom. The van der Waals surface area contributed by atoms with Crippen molar-refractivity contribution in [3.8, 4) is 11.6 Å². The third kappa shape index (κ3) is 2.33. The molecule has 0 saturated carbocycles. The Bertz CT molecular complexity index is 687. The molecule has 7 nitrogen and oxygen atoms in total. The van der Waals surface area contributed by atoms with E-state index in [2.05, 4.69) is 9.97 Å². The van der Waals surface area contributed by atoms with Crippen LogP contribution < -0.4 is 15.4 Å². The van der Waals surface area contributed by atoms with Crippen LogP contribution in [-0.4, -0.2) is 33.6 Å². The van der Waals surface area contributed by atoms with Crippen LogP contribution in [-0.2, 0) is 0 Å². The van der Waals surface area contributed by atoms with E-state index in [1.54, 1.807) is 12.1 Å². The average Bonchev–Trinajstić information content (AvgIpc) is 2.57. The number of phenols is 1. The van der Waals surface area contributed by atoms with Crippen LogP contribution in [0.15, 0.2) is 30.6 Å². The molecule has 0 fully saturated rings. The summed E-state index contributed by atoms with van der Waals surface area (Å²) in [6, 6.07) is 6.35. The monoisotopic (exact) mass is 286 g/mol. The number of phenolic OH excluding ortho intramolecular Hbond substituents is 1. The first kappa shape index (κ1) is 13.2. The molecule has 7 heteroatoms. The number of hydrogen-bond donors (Lipinski definition) is 2. The van der Waals surface area contributed by atoms with E-state index in [-0.39, 0.29) is 35.0 Å². The van der Waals surface area contributed by atoms with E-state index in [9.17, 15) is 9.90 Å². The summed E-state index contributed by atoms with van der Waals surface area (Å²) in [6.45, 7) is 2.19. The zero-order valence-electron chi connectivity index (χ0n) is 11.4. The van der Waals surface area contributed by atoms with Gasteiger partial charge in [0.05, 0.1) is 6.54 Å². The first-order valence-electron chi connectivity index (χ1n) is 6.44. The SMILES string of the molecule is CC1CN(c2ccc(O)cc2)C(=O)c2c(N)ncnc2O1. The highest BCUT2D eigenvalue weighted by Gasteiger charge is 2.31. The predicted molar refractivity (Wildman–Crippen MR) is 76.3 cm³/mol. The molecule has 2 aromatic rings. The number of carbonyl (C=O) groups is 1. The molecule has 0 bridgehead atoms. The van der Waals surface area contributed by atoms with Gasteiger partial charge in [0.2, 0.25) is 5.88 Å². The van der Waals surface area contributed by atoms with Crippen molar-refractivity contribution in [2.24, 2.45) is 0 Å². The van der Waals surface area contributed by atoms with Gasteiger partial charge in [0.15, 0.2) is 0 Å². The van der Waals surface area contributed by atoms with E-state index in [0.29, 0.717) is 12.2 Å². The minimum Gasteiger partial charge on any atom is -0.508 e. The molecule has 1 unspecified atom stereocenters. The number of ether oxygens (including phenoxy) is 1. The van der Waals surface area contributed by atoms with Gasteiger partial charge in [-0.1, -0.05) is 0 Å². The second-order valence-corrected chi connectivity index (χ2v) is 4.80. The van der Waals surface area contributed by atoms with Crippen molar-refractivity contribution in [3.63, 3.8) is 0 Å². The Morgan fingerprint density at radius 2 is 2.05 bits per heavy atom. The average molecular weight is 286 g/mol. The second-order valence-electron chi connectivity index (χ2n) is 4.80. The lowest BCUT2D eigenvalue weighted by atomic mass is 10.2. The van der Waals surface area contributed by atoms with Gasteiger partial charge in [0.1, 0.15) is 29.6 Å². The molecular weight excluding hydrogens is 272 g/mol. The summed E-state index contributed by atoms with van der Waals surface area (Å²) in [6.07, 6.45) is 1.02. The van der Waals surface area contributed by atoms with Crippen molar-refractivity contribution in [1.82, 2.24) is 9.97 Å². The highest BCUT2D eigenvalue weighted by atomic mass is 16.5. The summed E-state index contributed by atoms with van der Waals surface area (Å²) in [5.74, 6) is 0.0934. The lowest BCUT2D eigenvalue weighted by Gasteiger charge is -2.22. The Labute approximate surface area is 121 Å². The van der Waals surface area contributed by atoms with Gasteiger partial charge in [-0.3, -0.25) is 4.79 Å². The zero-order chi connectivity index (χ0) is 15.0. The molecule has 0 spiro atoms. The van der Waals surface area contributed by atoms with Crippen LogP contribution in [0, 0.1) is 0 Å². The Kier molecular flexibility index (Phi) is 3.09. The largest absolute Gasteiger partial charge is 0.508 e. The number of nitrogens with two attached hydrogens (primary N) is 1. The number of aromatic nitrogens is 2. The van der Waals surface area contributed by atoms with Gasteiger partial charge in [-0.2, -0.15) is 0 Å². The van der Waals surface area contributed by atoms with Crippen LogP contribution in [0.1, 0.15) is 17.3 Å². The molecular formula is C14H14N4O3. The maximum absolute atomic E-state index is 12.7. The molecule has 108 valence electrons. The summed E-state index contributed by atoms with van der Waals surface area (Å²) in [5, 5.41) is 9.36. The lowest BCUT2D eigenvalue weighted by molar-refractivity contribution is 0.0988. The molecule has 3 rings (SSSR count).